The van der Waals surface area contributed by atoms with Crippen LogP contribution in [0, 0.1) is 5.82 Å². The van der Waals surface area contributed by atoms with Crippen molar-refractivity contribution in [2.24, 2.45) is 0 Å². The highest BCUT2D eigenvalue weighted by atomic mass is 19.4. The van der Waals surface area contributed by atoms with E-state index in [1.807, 2.05) is 0 Å². The van der Waals surface area contributed by atoms with Crippen LogP contribution in [-0.4, -0.2) is 16.1 Å². The van der Waals surface area contributed by atoms with Crippen LogP contribution in [0.3, 0.4) is 0 Å². The summed E-state index contributed by atoms with van der Waals surface area (Å²) in [7, 11) is 0. The Morgan fingerprint density at radius 2 is 1.85 bits per heavy atom. The van der Waals surface area contributed by atoms with E-state index in [0.717, 1.165) is 30.6 Å². The van der Waals surface area contributed by atoms with Gasteiger partial charge in [-0.25, -0.2) is 9.18 Å². The lowest BCUT2D eigenvalue weighted by atomic mass is 9.96. The minimum atomic E-state index is -4.69. The molecule has 2 aromatic rings. The molecule has 0 aliphatic carbocycles. The Hall–Kier alpha value is -2.44. The van der Waals surface area contributed by atoms with Crippen LogP contribution in [0.1, 0.15) is 15.9 Å². The summed E-state index contributed by atoms with van der Waals surface area (Å²) < 4.78 is 51.9. The van der Waals surface area contributed by atoms with Crippen molar-refractivity contribution >= 4 is 5.97 Å². The Morgan fingerprint density at radius 1 is 1.15 bits per heavy atom. The van der Waals surface area contributed by atoms with Crippen LogP contribution >= 0.6 is 0 Å². The number of hydrogen-bond donors (Lipinski definition) is 1. The van der Waals surface area contributed by atoms with Gasteiger partial charge in [-0.1, -0.05) is 0 Å². The fourth-order valence-corrected chi connectivity index (χ4v) is 1.78. The third-order valence-electron chi connectivity index (χ3n) is 2.63. The van der Waals surface area contributed by atoms with Gasteiger partial charge in [-0.3, -0.25) is 4.98 Å². The van der Waals surface area contributed by atoms with Gasteiger partial charge in [0, 0.05) is 23.5 Å². The number of hydrogen-bond acceptors (Lipinski definition) is 2. The number of carboxylic acids is 1. The molecule has 0 spiro atoms. The maximum absolute atomic E-state index is 13.2. The normalized spacial score (nSPS) is 11.4. The molecule has 2 rings (SSSR count). The average molecular weight is 285 g/mol. The predicted octanol–water partition coefficient (Wildman–Crippen LogP) is 3.60. The van der Waals surface area contributed by atoms with Crippen LogP contribution in [-0.2, 0) is 6.18 Å². The van der Waals surface area contributed by atoms with Gasteiger partial charge in [-0.2, -0.15) is 13.2 Å². The van der Waals surface area contributed by atoms with Gasteiger partial charge in [0.15, 0.2) is 0 Å². The topological polar surface area (TPSA) is 50.2 Å². The summed E-state index contributed by atoms with van der Waals surface area (Å²) in [5.74, 6) is -2.28. The van der Waals surface area contributed by atoms with Crippen molar-refractivity contribution < 1.29 is 27.5 Å². The third-order valence-corrected chi connectivity index (χ3v) is 2.63. The number of benzene rings is 1. The molecular weight excluding hydrogens is 278 g/mol. The van der Waals surface area contributed by atoms with Crippen molar-refractivity contribution in [1.29, 1.82) is 0 Å². The number of alkyl halides is 3. The van der Waals surface area contributed by atoms with Crippen molar-refractivity contribution in [2.45, 2.75) is 6.18 Å². The quantitative estimate of drug-likeness (QED) is 0.858. The molecule has 0 aliphatic rings. The van der Waals surface area contributed by atoms with Crippen LogP contribution < -0.4 is 0 Å². The molecule has 0 atom stereocenters. The molecule has 1 heterocycles. The second-order valence-corrected chi connectivity index (χ2v) is 3.91. The molecule has 1 aromatic carbocycles. The summed E-state index contributed by atoms with van der Waals surface area (Å²) in [4.78, 5) is 14.6. The second kappa shape index (κ2) is 4.92. The van der Waals surface area contributed by atoms with Gasteiger partial charge < -0.3 is 5.11 Å². The van der Waals surface area contributed by atoms with Gasteiger partial charge in [-0.15, -0.1) is 0 Å². The number of aromatic carboxylic acids is 1. The zero-order valence-corrected chi connectivity index (χ0v) is 9.78. The van der Waals surface area contributed by atoms with Crippen molar-refractivity contribution in [2.75, 3.05) is 0 Å². The average Bonchev–Trinajstić information content (AvgIpc) is 2.37. The maximum atomic E-state index is 13.2. The van der Waals surface area contributed by atoms with E-state index in [4.69, 9.17) is 5.11 Å². The fraction of sp³-hybridized carbons (Fsp3) is 0.0769. The standard InChI is InChI=1S/C13H7F4NO2/c14-7-1-2-8(12(19)20)9(5-7)10-6-18-4-3-11(10)13(15,16)17/h1-6H,(H,19,20). The monoisotopic (exact) mass is 285 g/mol. The second-order valence-electron chi connectivity index (χ2n) is 3.91. The Kier molecular flexibility index (Phi) is 3.44. The van der Waals surface area contributed by atoms with Gasteiger partial charge in [0.05, 0.1) is 11.1 Å². The molecule has 0 unspecified atom stereocenters. The van der Waals surface area contributed by atoms with E-state index >= 15 is 0 Å². The third kappa shape index (κ3) is 2.61. The van der Waals surface area contributed by atoms with E-state index in [9.17, 15) is 22.4 Å². The highest BCUT2D eigenvalue weighted by Crippen LogP contribution is 2.37. The SMILES string of the molecule is O=C(O)c1ccc(F)cc1-c1cnccc1C(F)(F)F. The molecule has 0 saturated heterocycles. The largest absolute Gasteiger partial charge is 0.478 e. The van der Waals surface area contributed by atoms with E-state index < -0.39 is 34.7 Å². The highest BCUT2D eigenvalue weighted by Gasteiger charge is 2.34. The first-order valence-electron chi connectivity index (χ1n) is 5.35. The first-order valence-corrected chi connectivity index (χ1v) is 5.35. The molecule has 20 heavy (non-hydrogen) atoms. The van der Waals surface area contributed by atoms with Gasteiger partial charge >= 0.3 is 12.1 Å². The minimum absolute atomic E-state index is 0.363. The van der Waals surface area contributed by atoms with Crippen LogP contribution in [0.25, 0.3) is 11.1 Å². The van der Waals surface area contributed by atoms with E-state index in [2.05, 4.69) is 4.98 Å². The van der Waals surface area contributed by atoms with Crippen LogP contribution in [0.4, 0.5) is 17.6 Å². The Balaban J connectivity index is 2.75. The number of aromatic nitrogens is 1. The molecule has 104 valence electrons. The van der Waals surface area contributed by atoms with Crippen molar-refractivity contribution in [3.05, 3.63) is 53.6 Å². The first kappa shape index (κ1) is 14.0. The molecule has 1 N–H and O–H groups in total. The van der Waals surface area contributed by atoms with Crippen molar-refractivity contribution in [3.63, 3.8) is 0 Å². The Bertz CT molecular complexity index is 668. The number of carboxylic acid groups (broad SMARTS) is 1. The van der Waals surface area contributed by atoms with E-state index in [1.54, 1.807) is 0 Å². The van der Waals surface area contributed by atoms with Crippen LogP contribution in [0.2, 0.25) is 0 Å². The van der Waals surface area contributed by atoms with Gasteiger partial charge in [-0.05, 0) is 24.3 Å². The smallest absolute Gasteiger partial charge is 0.417 e. The van der Waals surface area contributed by atoms with E-state index in [0.29, 0.717) is 6.07 Å². The zero-order valence-electron chi connectivity index (χ0n) is 9.78. The summed E-state index contributed by atoms with van der Waals surface area (Å²) in [5.41, 5.74) is -2.33. The van der Waals surface area contributed by atoms with E-state index in [-0.39, 0.29) is 5.56 Å². The van der Waals surface area contributed by atoms with Crippen molar-refractivity contribution in [1.82, 2.24) is 4.98 Å². The van der Waals surface area contributed by atoms with Crippen LogP contribution in [0.15, 0.2) is 36.7 Å². The molecule has 1 aromatic heterocycles. The molecule has 0 amide bonds. The lowest BCUT2D eigenvalue weighted by Crippen LogP contribution is -2.09. The molecule has 3 nitrogen and oxygen atoms in total. The summed E-state index contributed by atoms with van der Waals surface area (Å²) in [5, 5.41) is 8.99. The molecule has 0 fully saturated rings. The number of pyridine rings is 1. The highest BCUT2D eigenvalue weighted by molar-refractivity contribution is 5.96. The zero-order chi connectivity index (χ0) is 14.9. The molecule has 0 radical (unpaired) electrons. The maximum Gasteiger partial charge on any atom is 0.417 e. The summed E-state index contributed by atoms with van der Waals surface area (Å²) in [6.45, 7) is 0. The minimum Gasteiger partial charge on any atom is -0.478 e. The van der Waals surface area contributed by atoms with Crippen molar-refractivity contribution in [3.8, 4) is 11.1 Å². The van der Waals surface area contributed by atoms with E-state index in [1.165, 1.54) is 0 Å². The lowest BCUT2D eigenvalue weighted by Gasteiger charge is -2.13. The molecule has 0 saturated carbocycles. The first-order chi connectivity index (χ1) is 9.30. The van der Waals surface area contributed by atoms with Gasteiger partial charge in [0.25, 0.3) is 0 Å². The summed E-state index contributed by atoms with van der Waals surface area (Å²) >= 11 is 0. The van der Waals surface area contributed by atoms with Gasteiger partial charge in [0.2, 0.25) is 0 Å². The molecular formula is C13H7F4NO2. The Labute approximate surface area is 110 Å². The molecule has 0 bridgehead atoms. The molecule has 0 aliphatic heterocycles. The number of halogens is 4. The van der Waals surface area contributed by atoms with Gasteiger partial charge in [0.1, 0.15) is 5.82 Å². The summed E-state index contributed by atoms with van der Waals surface area (Å²) in [6.07, 6.45) is -2.89. The number of rotatable bonds is 2. The van der Waals surface area contributed by atoms with Crippen LogP contribution in [0.5, 0.6) is 0 Å². The summed E-state index contributed by atoms with van der Waals surface area (Å²) in [6, 6.07) is 3.25. The predicted molar refractivity (Wildman–Crippen MR) is 61.6 cm³/mol. The number of carbonyl (C=O) groups is 1. The fourth-order valence-electron chi connectivity index (χ4n) is 1.78. The lowest BCUT2D eigenvalue weighted by molar-refractivity contribution is -0.137. The Morgan fingerprint density at radius 3 is 2.45 bits per heavy atom. The number of nitrogens with zero attached hydrogens (tertiary/aromatic N) is 1. The molecule has 7 heteroatoms.